The minimum atomic E-state index is -0.981. The monoisotopic (exact) mass is 383 g/mol. The highest BCUT2D eigenvalue weighted by molar-refractivity contribution is 6.06. The Hall–Kier alpha value is -3.04. The third kappa shape index (κ3) is 5.22. The summed E-state index contributed by atoms with van der Waals surface area (Å²) in [5.74, 6) is -3.63. The summed E-state index contributed by atoms with van der Waals surface area (Å²) in [6.45, 7) is 2.54. The van der Waals surface area contributed by atoms with E-state index in [2.05, 4.69) is 10.6 Å². The second kappa shape index (κ2) is 8.11. The summed E-state index contributed by atoms with van der Waals surface area (Å²) in [4.78, 5) is 48.0. The van der Waals surface area contributed by atoms with Crippen LogP contribution in [0, 0.1) is 11.6 Å². The summed E-state index contributed by atoms with van der Waals surface area (Å²) < 4.78 is 31.0. The third-order valence-corrected chi connectivity index (χ3v) is 3.78. The molecule has 0 spiro atoms. The highest BCUT2D eigenvalue weighted by Gasteiger charge is 2.43. The van der Waals surface area contributed by atoms with E-state index in [0.717, 1.165) is 17.0 Å². The lowest BCUT2D eigenvalue weighted by atomic mass is 10.1. The van der Waals surface area contributed by atoms with E-state index >= 15 is 0 Å². The number of amides is 4. The molecular weight excluding hydrogens is 364 g/mol. The molecule has 4 amide bonds. The zero-order valence-corrected chi connectivity index (χ0v) is 14.8. The molecule has 1 fully saturated rings. The number of rotatable bonds is 7. The number of nitrogens with zero attached hydrogens (tertiary/aromatic N) is 1. The first-order valence-corrected chi connectivity index (χ1v) is 8.15. The van der Waals surface area contributed by atoms with Gasteiger partial charge in [-0.1, -0.05) is 0 Å². The van der Waals surface area contributed by atoms with E-state index in [9.17, 15) is 28.0 Å². The van der Waals surface area contributed by atoms with Crippen molar-refractivity contribution in [3.63, 3.8) is 0 Å². The van der Waals surface area contributed by atoms with E-state index in [1.54, 1.807) is 13.8 Å². The molecule has 1 aromatic carbocycles. The molecular formula is C17H19F2N3O5. The van der Waals surface area contributed by atoms with Crippen molar-refractivity contribution >= 4 is 29.5 Å². The van der Waals surface area contributed by atoms with Gasteiger partial charge in [-0.05, 0) is 32.4 Å². The van der Waals surface area contributed by atoms with Crippen LogP contribution in [0.15, 0.2) is 18.2 Å². The number of esters is 1. The topological polar surface area (TPSA) is 105 Å². The number of hydrogen-bond donors (Lipinski definition) is 2. The molecule has 27 heavy (non-hydrogen) atoms. The fourth-order valence-electron chi connectivity index (χ4n) is 2.40. The number of anilines is 1. The van der Waals surface area contributed by atoms with Gasteiger partial charge in [-0.2, -0.15) is 0 Å². The van der Waals surface area contributed by atoms with Crippen LogP contribution >= 0.6 is 0 Å². The summed E-state index contributed by atoms with van der Waals surface area (Å²) in [6.07, 6.45) is 0.0535. The molecule has 10 heteroatoms. The summed E-state index contributed by atoms with van der Waals surface area (Å²) in [7, 11) is 0. The van der Waals surface area contributed by atoms with Gasteiger partial charge >= 0.3 is 12.0 Å². The maximum atomic E-state index is 13.4. The lowest BCUT2D eigenvalue weighted by molar-refractivity contribution is -0.147. The number of benzene rings is 1. The van der Waals surface area contributed by atoms with Gasteiger partial charge in [-0.3, -0.25) is 19.3 Å². The van der Waals surface area contributed by atoms with E-state index in [4.69, 9.17) is 4.74 Å². The van der Waals surface area contributed by atoms with Gasteiger partial charge < -0.3 is 15.4 Å². The number of nitrogens with one attached hydrogen (secondary N) is 2. The Morgan fingerprint density at radius 1 is 1.26 bits per heavy atom. The van der Waals surface area contributed by atoms with Crippen LogP contribution in [0.1, 0.15) is 26.7 Å². The van der Waals surface area contributed by atoms with Crippen molar-refractivity contribution < 1.29 is 32.7 Å². The van der Waals surface area contributed by atoms with Gasteiger partial charge in [0.1, 0.15) is 17.2 Å². The van der Waals surface area contributed by atoms with Crippen molar-refractivity contribution in [2.24, 2.45) is 0 Å². The molecule has 1 aromatic rings. The van der Waals surface area contributed by atoms with Crippen LogP contribution in [-0.4, -0.2) is 47.4 Å². The number of urea groups is 1. The second-order valence-electron chi connectivity index (χ2n) is 6.45. The van der Waals surface area contributed by atoms with Crippen molar-refractivity contribution in [3.05, 3.63) is 29.8 Å². The molecule has 1 saturated heterocycles. The quantitative estimate of drug-likeness (QED) is 0.549. The van der Waals surface area contributed by atoms with Crippen molar-refractivity contribution in [1.82, 2.24) is 10.2 Å². The predicted octanol–water partition coefficient (Wildman–Crippen LogP) is 1.56. The van der Waals surface area contributed by atoms with E-state index in [1.165, 1.54) is 0 Å². The largest absolute Gasteiger partial charge is 0.456 e. The molecule has 0 saturated carbocycles. The molecule has 2 rings (SSSR count). The van der Waals surface area contributed by atoms with E-state index in [0.29, 0.717) is 6.07 Å². The normalized spacial score (nSPS) is 15.5. The molecule has 0 unspecified atom stereocenters. The molecule has 8 nitrogen and oxygen atoms in total. The van der Waals surface area contributed by atoms with Crippen LogP contribution < -0.4 is 10.6 Å². The number of ether oxygens (including phenoxy) is 1. The van der Waals surface area contributed by atoms with Gasteiger partial charge in [0.15, 0.2) is 6.61 Å². The molecule has 0 atom stereocenters. The van der Waals surface area contributed by atoms with Gasteiger partial charge in [0.25, 0.3) is 11.8 Å². The second-order valence-corrected chi connectivity index (χ2v) is 6.45. The number of imide groups is 1. The molecule has 0 aliphatic carbocycles. The zero-order valence-electron chi connectivity index (χ0n) is 14.8. The Bertz CT molecular complexity index is 782. The highest BCUT2D eigenvalue weighted by Crippen LogP contribution is 2.17. The predicted molar refractivity (Wildman–Crippen MR) is 89.5 cm³/mol. The molecule has 1 heterocycles. The zero-order chi connectivity index (χ0) is 20.2. The smallest absolute Gasteiger partial charge is 0.325 e. The summed E-state index contributed by atoms with van der Waals surface area (Å²) >= 11 is 0. The van der Waals surface area contributed by atoms with Crippen LogP contribution in [0.2, 0.25) is 0 Å². The number of carbonyl (C=O) groups is 4. The molecule has 0 radical (unpaired) electrons. The summed E-state index contributed by atoms with van der Waals surface area (Å²) in [5.41, 5.74) is -1.22. The molecule has 0 bridgehead atoms. The molecule has 146 valence electrons. The van der Waals surface area contributed by atoms with Crippen molar-refractivity contribution in [3.8, 4) is 0 Å². The lowest BCUT2D eigenvalue weighted by Crippen LogP contribution is -2.40. The maximum absolute atomic E-state index is 13.4. The first-order chi connectivity index (χ1) is 12.6. The molecule has 1 aliphatic rings. The van der Waals surface area contributed by atoms with Crippen LogP contribution in [-0.2, 0) is 19.1 Å². The Morgan fingerprint density at radius 2 is 1.96 bits per heavy atom. The van der Waals surface area contributed by atoms with E-state index in [-0.39, 0.29) is 31.0 Å². The molecule has 1 aliphatic heterocycles. The number of hydrogen-bond acceptors (Lipinski definition) is 5. The van der Waals surface area contributed by atoms with E-state index < -0.39 is 41.7 Å². The minimum absolute atomic E-state index is 0.0379. The van der Waals surface area contributed by atoms with Crippen molar-refractivity contribution in [1.29, 1.82) is 0 Å². The SMILES string of the molecule is CC1(C)NC(=O)N(CCCC(=O)OCC(=O)Nc2ccc(F)cc2F)C1=O. The Labute approximate surface area is 153 Å². The fraction of sp³-hybridized carbons (Fsp3) is 0.412. The lowest BCUT2D eigenvalue weighted by Gasteiger charge is -2.15. The fourth-order valence-corrected chi connectivity index (χ4v) is 2.40. The highest BCUT2D eigenvalue weighted by atomic mass is 19.1. The minimum Gasteiger partial charge on any atom is -0.456 e. The van der Waals surface area contributed by atoms with Gasteiger partial charge in [-0.15, -0.1) is 0 Å². The van der Waals surface area contributed by atoms with Gasteiger partial charge in [0.2, 0.25) is 0 Å². The Balaban J connectivity index is 1.71. The average Bonchev–Trinajstić information content (AvgIpc) is 2.77. The van der Waals surface area contributed by atoms with Crippen molar-refractivity contribution in [2.75, 3.05) is 18.5 Å². The number of carbonyl (C=O) groups excluding carboxylic acids is 4. The van der Waals surface area contributed by atoms with Gasteiger partial charge in [0, 0.05) is 19.0 Å². The van der Waals surface area contributed by atoms with Crippen molar-refractivity contribution in [2.45, 2.75) is 32.2 Å². The average molecular weight is 383 g/mol. The Kier molecular flexibility index (Phi) is 6.09. The van der Waals surface area contributed by atoms with Crippen LogP contribution in [0.4, 0.5) is 19.3 Å². The summed E-state index contributed by atoms with van der Waals surface area (Å²) in [5, 5.41) is 4.67. The number of halogens is 2. The first-order valence-electron chi connectivity index (χ1n) is 8.15. The van der Waals surface area contributed by atoms with Gasteiger partial charge in [-0.25, -0.2) is 13.6 Å². The van der Waals surface area contributed by atoms with E-state index in [1.807, 2.05) is 0 Å². The summed E-state index contributed by atoms with van der Waals surface area (Å²) in [6, 6.07) is 2.10. The standard InChI is InChI=1S/C17H19F2N3O5/c1-17(2)15(25)22(16(26)21-17)7-3-4-14(24)27-9-13(23)20-12-6-5-10(18)8-11(12)19/h5-6,8H,3-4,7,9H2,1-2H3,(H,20,23)(H,21,26). The molecule has 2 N–H and O–H groups in total. The third-order valence-electron chi connectivity index (χ3n) is 3.78. The Morgan fingerprint density at radius 3 is 2.56 bits per heavy atom. The van der Waals surface area contributed by atoms with Crippen LogP contribution in [0.25, 0.3) is 0 Å². The first kappa shape index (κ1) is 20.3. The van der Waals surface area contributed by atoms with Crippen LogP contribution in [0.5, 0.6) is 0 Å². The van der Waals surface area contributed by atoms with Crippen LogP contribution in [0.3, 0.4) is 0 Å². The van der Waals surface area contributed by atoms with Gasteiger partial charge in [0.05, 0.1) is 5.69 Å². The maximum Gasteiger partial charge on any atom is 0.325 e. The molecule has 0 aromatic heterocycles.